The SMILES string of the molecule is Cc1nc2c(ccc3ccccc32)c(N)c1C. The Labute approximate surface area is 100 Å². The lowest BCUT2D eigenvalue weighted by Crippen LogP contribution is -1.97. The largest absolute Gasteiger partial charge is 0.398 e. The second kappa shape index (κ2) is 3.45. The topological polar surface area (TPSA) is 38.9 Å². The van der Waals surface area contributed by atoms with Gasteiger partial charge in [0.05, 0.1) is 5.52 Å². The van der Waals surface area contributed by atoms with E-state index in [0.29, 0.717) is 0 Å². The molecule has 3 rings (SSSR count). The highest BCUT2D eigenvalue weighted by Gasteiger charge is 2.08. The second-order valence-electron chi connectivity index (χ2n) is 4.42. The van der Waals surface area contributed by atoms with Gasteiger partial charge in [-0.15, -0.1) is 0 Å². The van der Waals surface area contributed by atoms with Gasteiger partial charge in [0.1, 0.15) is 0 Å². The van der Waals surface area contributed by atoms with Gasteiger partial charge in [-0.2, -0.15) is 0 Å². The Morgan fingerprint density at radius 2 is 1.71 bits per heavy atom. The van der Waals surface area contributed by atoms with Crippen molar-refractivity contribution in [1.29, 1.82) is 0 Å². The van der Waals surface area contributed by atoms with Crippen LogP contribution in [0.2, 0.25) is 0 Å². The minimum Gasteiger partial charge on any atom is -0.398 e. The predicted molar refractivity (Wildman–Crippen MR) is 73.1 cm³/mol. The Morgan fingerprint density at radius 1 is 0.941 bits per heavy atom. The molecule has 0 unspecified atom stereocenters. The van der Waals surface area contributed by atoms with Gasteiger partial charge in [-0.05, 0) is 24.8 Å². The van der Waals surface area contributed by atoms with Crippen molar-refractivity contribution in [1.82, 2.24) is 4.98 Å². The number of aryl methyl sites for hydroxylation is 1. The fourth-order valence-electron chi connectivity index (χ4n) is 2.24. The van der Waals surface area contributed by atoms with Crippen molar-refractivity contribution in [2.45, 2.75) is 13.8 Å². The molecule has 1 aromatic heterocycles. The molecule has 2 aromatic carbocycles. The van der Waals surface area contributed by atoms with E-state index in [1.165, 1.54) is 10.8 Å². The van der Waals surface area contributed by atoms with E-state index in [9.17, 15) is 0 Å². The number of nitrogens with zero attached hydrogens (tertiary/aromatic N) is 1. The average molecular weight is 222 g/mol. The number of aromatic nitrogens is 1. The Bertz CT molecular complexity index is 730. The summed E-state index contributed by atoms with van der Waals surface area (Å²) >= 11 is 0. The van der Waals surface area contributed by atoms with Crippen LogP contribution in [0.15, 0.2) is 36.4 Å². The fourth-order valence-corrected chi connectivity index (χ4v) is 2.24. The summed E-state index contributed by atoms with van der Waals surface area (Å²) in [7, 11) is 0. The van der Waals surface area contributed by atoms with Gasteiger partial charge in [-0.1, -0.05) is 36.4 Å². The number of fused-ring (bicyclic) bond motifs is 3. The minimum absolute atomic E-state index is 0.846. The molecule has 84 valence electrons. The molecule has 1 heterocycles. The first-order valence-electron chi connectivity index (χ1n) is 5.72. The Kier molecular flexibility index (Phi) is 2.05. The molecule has 0 saturated heterocycles. The van der Waals surface area contributed by atoms with E-state index in [1.807, 2.05) is 26.0 Å². The number of benzene rings is 2. The molecule has 2 nitrogen and oxygen atoms in total. The first-order chi connectivity index (χ1) is 8.18. The molecule has 2 heteroatoms. The summed E-state index contributed by atoms with van der Waals surface area (Å²) < 4.78 is 0. The monoisotopic (exact) mass is 222 g/mol. The highest BCUT2D eigenvalue weighted by molar-refractivity contribution is 6.09. The third kappa shape index (κ3) is 1.37. The van der Waals surface area contributed by atoms with Crippen LogP contribution < -0.4 is 5.73 Å². The van der Waals surface area contributed by atoms with Crippen molar-refractivity contribution in [2.24, 2.45) is 0 Å². The minimum atomic E-state index is 0.846. The van der Waals surface area contributed by atoms with Gasteiger partial charge in [0.25, 0.3) is 0 Å². The van der Waals surface area contributed by atoms with Crippen LogP contribution in [0.1, 0.15) is 11.3 Å². The van der Waals surface area contributed by atoms with E-state index in [0.717, 1.165) is 27.8 Å². The number of rotatable bonds is 0. The lowest BCUT2D eigenvalue weighted by molar-refractivity contribution is 1.20. The molecule has 3 aromatic rings. The number of nitrogens with two attached hydrogens (primary N) is 1. The number of nitrogen functional groups attached to an aromatic ring is 1. The molecule has 0 aliphatic carbocycles. The molecule has 2 N–H and O–H groups in total. The Morgan fingerprint density at radius 3 is 2.53 bits per heavy atom. The summed E-state index contributed by atoms with van der Waals surface area (Å²) in [5.41, 5.74) is 10.1. The normalized spacial score (nSPS) is 11.2. The van der Waals surface area contributed by atoms with Gasteiger partial charge in [0.15, 0.2) is 0 Å². The van der Waals surface area contributed by atoms with Crippen molar-refractivity contribution in [3.8, 4) is 0 Å². The van der Waals surface area contributed by atoms with Crippen LogP contribution in [-0.2, 0) is 0 Å². The van der Waals surface area contributed by atoms with Crippen LogP contribution >= 0.6 is 0 Å². The summed E-state index contributed by atoms with van der Waals surface area (Å²) in [6, 6.07) is 12.4. The third-order valence-electron chi connectivity index (χ3n) is 3.42. The van der Waals surface area contributed by atoms with Gasteiger partial charge >= 0.3 is 0 Å². The molecular formula is C15H14N2. The average Bonchev–Trinajstić information content (AvgIpc) is 2.36. The molecule has 0 fully saturated rings. The van der Waals surface area contributed by atoms with Crippen LogP contribution in [0.25, 0.3) is 21.7 Å². The molecule has 0 radical (unpaired) electrons. The molecule has 0 spiro atoms. The summed E-state index contributed by atoms with van der Waals surface area (Å²) in [5.74, 6) is 0. The summed E-state index contributed by atoms with van der Waals surface area (Å²) in [6.45, 7) is 4.03. The van der Waals surface area contributed by atoms with Crippen molar-refractivity contribution in [3.63, 3.8) is 0 Å². The van der Waals surface area contributed by atoms with Crippen LogP contribution in [0.4, 0.5) is 5.69 Å². The van der Waals surface area contributed by atoms with E-state index >= 15 is 0 Å². The molecule has 0 amide bonds. The molecular weight excluding hydrogens is 208 g/mol. The summed E-state index contributed by atoms with van der Waals surface area (Å²) in [5, 5.41) is 3.42. The third-order valence-corrected chi connectivity index (χ3v) is 3.42. The maximum absolute atomic E-state index is 6.17. The summed E-state index contributed by atoms with van der Waals surface area (Å²) in [4.78, 5) is 4.68. The molecule has 0 atom stereocenters. The first-order valence-corrected chi connectivity index (χ1v) is 5.72. The van der Waals surface area contributed by atoms with Crippen LogP contribution in [-0.4, -0.2) is 4.98 Å². The highest BCUT2D eigenvalue weighted by Crippen LogP contribution is 2.30. The van der Waals surface area contributed by atoms with E-state index in [-0.39, 0.29) is 0 Å². The van der Waals surface area contributed by atoms with Crippen molar-refractivity contribution in [3.05, 3.63) is 47.7 Å². The zero-order valence-electron chi connectivity index (χ0n) is 9.99. The number of anilines is 1. The molecule has 17 heavy (non-hydrogen) atoms. The van der Waals surface area contributed by atoms with E-state index in [2.05, 4.69) is 29.2 Å². The van der Waals surface area contributed by atoms with Crippen molar-refractivity contribution in [2.75, 3.05) is 5.73 Å². The van der Waals surface area contributed by atoms with Crippen molar-refractivity contribution >= 4 is 27.4 Å². The van der Waals surface area contributed by atoms with E-state index < -0.39 is 0 Å². The number of pyridine rings is 1. The second-order valence-corrected chi connectivity index (χ2v) is 4.42. The van der Waals surface area contributed by atoms with E-state index in [1.54, 1.807) is 0 Å². The molecule has 0 aliphatic heterocycles. The maximum Gasteiger partial charge on any atom is 0.0804 e. The lowest BCUT2D eigenvalue weighted by atomic mass is 10.0. The fraction of sp³-hybridized carbons (Fsp3) is 0.133. The highest BCUT2D eigenvalue weighted by atomic mass is 14.7. The first kappa shape index (κ1) is 10.1. The van der Waals surface area contributed by atoms with Gasteiger partial charge in [0, 0.05) is 22.2 Å². The Balaban J connectivity index is 2.59. The molecule has 0 bridgehead atoms. The van der Waals surface area contributed by atoms with Gasteiger partial charge < -0.3 is 5.73 Å². The lowest BCUT2D eigenvalue weighted by Gasteiger charge is -2.10. The standard InChI is InChI=1S/C15H14N2/c1-9-10(2)17-15-12-6-4-3-5-11(12)7-8-13(15)14(9)16/h3-8H,1-2H3,(H2,16,17). The van der Waals surface area contributed by atoms with E-state index in [4.69, 9.17) is 5.73 Å². The molecule has 0 aliphatic rings. The van der Waals surface area contributed by atoms with Gasteiger partial charge in [-0.25, -0.2) is 0 Å². The van der Waals surface area contributed by atoms with Gasteiger partial charge in [0.2, 0.25) is 0 Å². The quantitative estimate of drug-likeness (QED) is 0.590. The van der Waals surface area contributed by atoms with Crippen LogP contribution in [0, 0.1) is 13.8 Å². The van der Waals surface area contributed by atoms with Crippen LogP contribution in [0.3, 0.4) is 0 Å². The zero-order valence-corrected chi connectivity index (χ0v) is 9.99. The summed E-state index contributed by atoms with van der Waals surface area (Å²) in [6.07, 6.45) is 0. The van der Waals surface area contributed by atoms with Crippen molar-refractivity contribution < 1.29 is 0 Å². The predicted octanol–water partition coefficient (Wildman–Crippen LogP) is 3.59. The van der Waals surface area contributed by atoms with Crippen LogP contribution in [0.5, 0.6) is 0 Å². The Hall–Kier alpha value is -2.09. The maximum atomic E-state index is 6.17. The molecule has 0 saturated carbocycles. The number of hydrogen-bond donors (Lipinski definition) is 1. The smallest absolute Gasteiger partial charge is 0.0804 e. The zero-order chi connectivity index (χ0) is 12.0. The number of hydrogen-bond acceptors (Lipinski definition) is 2. The van der Waals surface area contributed by atoms with Gasteiger partial charge in [-0.3, -0.25) is 4.98 Å².